The lowest BCUT2D eigenvalue weighted by Gasteiger charge is -2.12. The van der Waals surface area contributed by atoms with Crippen LogP contribution < -0.4 is 16.0 Å². The minimum Gasteiger partial charge on any atom is -0.334 e. The lowest BCUT2D eigenvalue weighted by molar-refractivity contribution is -0.115. The van der Waals surface area contributed by atoms with Gasteiger partial charge in [0.05, 0.1) is 28.8 Å². The molecule has 1 fully saturated rings. The van der Waals surface area contributed by atoms with Crippen LogP contribution in [0.1, 0.15) is 6.42 Å². The van der Waals surface area contributed by atoms with Gasteiger partial charge in [0.1, 0.15) is 0 Å². The first kappa shape index (κ1) is 17.8. The molecule has 126 valence electrons. The van der Waals surface area contributed by atoms with E-state index in [9.17, 15) is 18.0 Å². The van der Waals surface area contributed by atoms with Gasteiger partial charge < -0.3 is 16.0 Å². The predicted octanol–water partition coefficient (Wildman–Crippen LogP) is 1.42. The van der Waals surface area contributed by atoms with Crippen LogP contribution in [0, 0.1) is 0 Å². The molecule has 1 atom stereocenters. The fourth-order valence-electron chi connectivity index (χ4n) is 2.09. The molecule has 3 amide bonds. The van der Waals surface area contributed by atoms with Crippen LogP contribution in [0.3, 0.4) is 0 Å². The number of anilines is 1. The first-order chi connectivity index (χ1) is 10.7. The fourth-order valence-corrected chi connectivity index (χ4v) is 4.10. The molecule has 0 aliphatic carbocycles. The summed E-state index contributed by atoms with van der Waals surface area (Å²) in [6.07, 6.45) is 0.375. The second-order valence-electron chi connectivity index (χ2n) is 5.10. The van der Waals surface area contributed by atoms with Gasteiger partial charge in [-0.25, -0.2) is 13.2 Å². The first-order valence-electron chi connectivity index (χ1n) is 6.75. The van der Waals surface area contributed by atoms with E-state index in [1.807, 2.05) is 0 Å². The standard InChI is InChI=1S/C13H15Cl2N3O4S/c14-8-1-2-10(15)11(5-8)18-12(19)6-16-13(20)17-9-3-4-23(21,22)7-9/h1-2,5,9H,3-4,6-7H2,(H,18,19)(H2,16,17,20)/t9-/m0/s1. The van der Waals surface area contributed by atoms with E-state index in [0.717, 1.165) is 0 Å². The lowest BCUT2D eigenvalue weighted by Crippen LogP contribution is -2.45. The maximum Gasteiger partial charge on any atom is 0.315 e. The van der Waals surface area contributed by atoms with Gasteiger partial charge in [0, 0.05) is 11.1 Å². The number of amides is 3. The summed E-state index contributed by atoms with van der Waals surface area (Å²) >= 11 is 11.7. The second kappa shape index (κ2) is 7.37. The zero-order valence-corrected chi connectivity index (χ0v) is 14.3. The highest BCUT2D eigenvalue weighted by molar-refractivity contribution is 7.91. The highest BCUT2D eigenvalue weighted by atomic mass is 35.5. The number of hydrogen-bond acceptors (Lipinski definition) is 4. The van der Waals surface area contributed by atoms with Gasteiger partial charge in [0.2, 0.25) is 5.91 Å². The summed E-state index contributed by atoms with van der Waals surface area (Å²) in [6, 6.07) is 3.59. The summed E-state index contributed by atoms with van der Waals surface area (Å²) in [4.78, 5) is 23.4. The second-order valence-corrected chi connectivity index (χ2v) is 8.17. The van der Waals surface area contributed by atoms with E-state index >= 15 is 0 Å². The van der Waals surface area contributed by atoms with E-state index in [4.69, 9.17) is 23.2 Å². The van der Waals surface area contributed by atoms with Gasteiger partial charge >= 0.3 is 6.03 Å². The van der Waals surface area contributed by atoms with Crippen molar-refractivity contribution in [1.82, 2.24) is 10.6 Å². The van der Waals surface area contributed by atoms with Gasteiger partial charge in [-0.1, -0.05) is 23.2 Å². The quantitative estimate of drug-likeness (QED) is 0.735. The summed E-state index contributed by atoms with van der Waals surface area (Å²) in [6.45, 7) is -0.284. The Morgan fingerprint density at radius 3 is 2.65 bits per heavy atom. The minimum atomic E-state index is -3.07. The summed E-state index contributed by atoms with van der Waals surface area (Å²) < 4.78 is 22.6. The van der Waals surface area contributed by atoms with Crippen molar-refractivity contribution in [1.29, 1.82) is 0 Å². The molecule has 0 aromatic heterocycles. The molecule has 3 N–H and O–H groups in total. The summed E-state index contributed by atoms with van der Waals surface area (Å²) in [5, 5.41) is 8.13. The van der Waals surface area contributed by atoms with Gasteiger partial charge in [-0.3, -0.25) is 4.79 Å². The largest absolute Gasteiger partial charge is 0.334 e. The number of carbonyl (C=O) groups is 2. The average Bonchev–Trinajstić information content (AvgIpc) is 2.79. The maximum atomic E-state index is 11.8. The SMILES string of the molecule is O=C(CNC(=O)N[C@H]1CCS(=O)(=O)C1)Nc1cc(Cl)ccc1Cl. The van der Waals surface area contributed by atoms with Crippen molar-refractivity contribution in [2.75, 3.05) is 23.4 Å². The Labute approximate surface area is 143 Å². The first-order valence-corrected chi connectivity index (χ1v) is 9.32. The number of nitrogens with one attached hydrogen (secondary N) is 3. The third-order valence-electron chi connectivity index (χ3n) is 3.18. The van der Waals surface area contributed by atoms with Crippen LogP contribution in [0.25, 0.3) is 0 Å². The Morgan fingerprint density at radius 1 is 1.26 bits per heavy atom. The molecule has 2 rings (SSSR count). The van der Waals surface area contributed by atoms with Gasteiger partial charge in [-0.2, -0.15) is 0 Å². The molecule has 0 bridgehead atoms. The van der Waals surface area contributed by atoms with Crippen LogP contribution in [0.4, 0.5) is 10.5 Å². The summed E-state index contributed by atoms with van der Waals surface area (Å²) in [5.74, 6) is -0.500. The van der Waals surface area contributed by atoms with Gasteiger partial charge in [-0.05, 0) is 24.6 Å². The van der Waals surface area contributed by atoms with Crippen molar-refractivity contribution < 1.29 is 18.0 Å². The molecular formula is C13H15Cl2N3O4S. The van der Waals surface area contributed by atoms with E-state index in [0.29, 0.717) is 22.2 Å². The number of hydrogen-bond donors (Lipinski definition) is 3. The Balaban J connectivity index is 1.78. The molecule has 1 saturated heterocycles. The topological polar surface area (TPSA) is 104 Å². The van der Waals surface area contributed by atoms with Crippen LogP contribution in [0.5, 0.6) is 0 Å². The van der Waals surface area contributed by atoms with Crippen molar-refractivity contribution in [3.63, 3.8) is 0 Å². The van der Waals surface area contributed by atoms with Crippen molar-refractivity contribution in [2.24, 2.45) is 0 Å². The molecule has 1 aromatic rings. The fraction of sp³-hybridized carbons (Fsp3) is 0.385. The highest BCUT2D eigenvalue weighted by Gasteiger charge is 2.28. The van der Waals surface area contributed by atoms with E-state index in [2.05, 4.69) is 16.0 Å². The molecule has 10 heteroatoms. The summed E-state index contributed by atoms with van der Waals surface area (Å²) in [5.41, 5.74) is 0.341. The molecule has 0 saturated carbocycles. The van der Waals surface area contributed by atoms with Crippen LogP contribution in [-0.2, 0) is 14.6 Å². The van der Waals surface area contributed by atoms with Gasteiger partial charge in [0.15, 0.2) is 9.84 Å². The Morgan fingerprint density at radius 2 is 2.00 bits per heavy atom. The van der Waals surface area contributed by atoms with E-state index < -0.39 is 27.8 Å². The number of sulfone groups is 1. The van der Waals surface area contributed by atoms with Crippen LogP contribution in [0.15, 0.2) is 18.2 Å². The van der Waals surface area contributed by atoms with Crippen molar-refractivity contribution >= 4 is 50.7 Å². The number of halogens is 2. The molecule has 0 unspecified atom stereocenters. The number of urea groups is 1. The molecule has 1 aliphatic heterocycles. The predicted molar refractivity (Wildman–Crippen MR) is 88.7 cm³/mol. The van der Waals surface area contributed by atoms with Crippen molar-refractivity contribution in [3.05, 3.63) is 28.2 Å². The summed E-state index contributed by atoms with van der Waals surface area (Å²) in [7, 11) is -3.07. The monoisotopic (exact) mass is 379 g/mol. The molecule has 0 radical (unpaired) electrons. The van der Waals surface area contributed by atoms with Crippen LogP contribution in [0.2, 0.25) is 10.0 Å². The van der Waals surface area contributed by atoms with Gasteiger partial charge in [0.25, 0.3) is 0 Å². The zero-order valence-electron chi connectivity index (χ0n) is 11.9. The van der Waals surface area contributed by atoms with Crippen LogP contribution >= 0.6 is 23.2 Å². The van der Waals surface area contributed by atoms with Crippen molar-refractivity contribution in [2.45, 2.75) is 12.5 Å². The maximum absolute atomic E-state index is 11.8. The molecule has 1 aromatic carbocycles. The molecule has 23 heavy (non-hydrogen) atoms. The smallest absolute Gasteiger partial charge is 0.315 e. The highest BCUT2D eigenvalue weighted by Crippen LogP contribution is 2.25. The van der Waals surface area contributed by atoms with E-state index in [1.165, 1.54) is 6.07 Å². The Bertz CT molecular complexity index is 724. The molecular weight excluding hydrogens is 365 g/mol. The Hall–Kier alpha value is -1.51. The molecule has 7 nitrogen and oxygen atoms in total. The minimum absolute atomic E-state index is 0.0612. The number of carbonyl (C=O) groups excluding carboxylic acids is 2. The molecule has 0 spiro atoms. The van der Waals surface area contributed by atoms with E-state index in [-0.39, 0.29) is 18.1 Å². The zero-order chi connectivity index (χ0) is 17.0. The number of rotatable bonds is 4. The average molecular weight is 380 g/mol. The third-order valence-corrected chi connectivity index (χ3v) is 5.51. The normalized spacial score (nSPS) is 19.1. The lowest BCUT2D eigenvalue weighted by atomic mass is 10.3. The molecule has 1 aliphatic rings. The van der Waals surface area contributed by atoms with Crippen LogP contribution in [-0.4, -0.2) is 44.4 Å². The Kier molecular flexibility index (Phi) is 5.72. The van der Waals surface area contributed by atoms with Gasteiger partial charge in [-0.15, -0.1) is 0 Å². The molecule has 1 heterocycles. The van der Waals surface area contributed by atoms with Crippen molar-refractivity contribution in [3.8, 4) is 0 Å². The number of benzene rings is 1. The third kappa shape index (κ3) is 5.56. The van der Waals surface area contributed by atoms with E-state index in [1.54, 1.807) is 12.1 Å².